The Bertz CT molecular complexity index is 684. The Hall–Kier alpha value is -1.83. The normalized spacial score (nSPS) is 17.2. The Morgan fingerprint density at radius 2 is 2.05 bits per heavy atom. The van der Waals surface area contributed by atoms with Gasteiger partial charge in [-0.05, 0) is 42.2 Å². The SMILES string of the molecule is CC(C)c1cn(CCC2CCc3ccccc32)ccc1=O. The molecule has 1 aliphatic carbocycles. The highest BCUT2D eigenvalue weighted by Crippen LogP contribution is 2.35. The summed E-state index contributed by atoms with van der Waals surface area (Å²) < 4.78 is 2.18. The topological polar surface area (TPSA) is 22.0 Å². The summed E-state index contributed by atoms with van der Waals surface area (Å²) in [5, 5.41) is 0. The quantitative estimate of drug-likeness (QED) is 0.827. The van der Waals surface area contributed by atoms with E-state index in [0.29, 0.717) is 5.92 Å². The molecule has 1 aromatic carbocycles. The molecular weight excluding hydrogens is 258 g/mol. The summed E-state index contributed by atoms with van der Waals surface area (Å²) in [5.74, 6) is 0.959. The minimum absolute atomic E-state index is 0.160. The number of aromatic nitrogens is 1. The molecular formula is C19H23NO. The molecule has 1 aromatic heterocycles. The number of nitrogens with zero attached hydrogens (tertiary/aromatic N) is 1. The lowest BCUT2D eigenvalue weighted by atomic mass is 9.98. The van der Waals surface area contributed by atoms with Gasteiger partial charge >= 0.3 is 0 Å². The van der Waals surface area contributed by atoms with E-state index in [1.165, 1.54) is 24.0 Å². The molecule has 2 aromatic rings. The van der Waals surface area contributed by atoms with Crippen LogP contribution >= 0.6 is 0 Å². The molecule has 1 unspecified atom stereocenters. The molecule has 1 aliphatic rings. The minimum atomic E-state index is 0.160. The standard InChI is InChI=1S/C19H23NO/c1-14(2)18-13-20(12-10-19(18)21)11-9-16-8-7-15-5-3-4-6-17(15)16/h3-6,10,12-14,16H,7-9,11H2,1-2H3. The molecule has 0 radical (unpaired) electrons. The summed E-state index contributed by atoms with van der Waals surface area (Å²) in [7, 11) is 0. The van der Waals surface area contributed by atoms with E-state index in [1.54, 1.807) is 6.07 Å². The largest absolute Gasteiger partial charge is 0.354 e. The molecule has 3 rings (SSSR count). The van der Waals surface area contributed by atoms with E-state index < -0.39 is 0 Å². The van der Waals surface area contributed by atoms with E-state index in [-0.39, 0.29) is 11.3 Å². The van der Waals surface area contributed by atoms with Crippen molar-refractivity contribution in [3.8, 4) is 0 Å². The van der Waals surface area contributed by atoms with Crippen LogP contribution in [-0.4, -0.2) is 4.57 Å². The predicted molar refractivity (Wildman–Crippen MR) is 86.9 cm³/mol. The summed E-state index contributed by atoms with van der Waals surface area (Å²) in [4.78, 5) is 11.8. The highest BCUT2D eigenvalue weighted by molar-refractivity contribution is 5.34. The lowest BCUT2D eigenvalue weighted by molar-refractivity contribution is 0.539. The van der Waals surface area contributed by atoms with Crippen LogP contribution in [0.5, 0.6) is 0 Å². The number of pyridine rings is 1. The molecule has 0 saturated carbocycles. The van der Waals surface area contributed by atoms with E-state index in [4.69, 9.17) is 0 Å². The van der Waals surface area contributed by atoms with Crippen LogP contribution in [0.15, 0.2) is 47.5 Å². The highest BCUT2D eigenvalue weighted by Gasteiger charge is 2.21. The number of hydrogen-bond donors (Lipinski definition) is 0. The summed E-state index contributed by atoms with van der Waals surface area (Å²) in [6.07, 6.45) is 7.58. The summed E-state index contributed by atoms with van der Waals surface area (Å²) in [5.41, 5.74) is 4.13. The Labute approximate surface area is 126 Å². The van der Waals surface area contributed by atoms with Crippen LogP contribution in [0.1, 0.15) is 55.2 Å². The van der Waals surface area contributed by atoms with Crippen LogP contribution in [0.3, 0.4) is 0 Å². The molecule has 0 spiro atoms. The van der Waals surface area contributed by atoms with Gasteiger partial charge in [-0.3, -0.25) is 4.79 Å². The van der Waals surface area contributed by atoms with Gasteiger partial charge in [-0.25, -0.2) is 0 Å². The van der Waals surface area contributed by atoms with Crippen molar-refractivity contribution >= 4 is 0 Å². The molecule has 0 aliphatic heterocycles. The third-order valence-corrected chi connectivity index (χ3v) is 4.62. The third kappa shape index (κ3) is 2.94. The van der Waals surface area contributed by atoms with Gasteiger partial charge in [0, 0.05) is 30.6 Å². The zero-order chi connectivity index (χ0) is 14.8. The van der Waals surface area contributed by atoms with E-state index in [2.05, 4.69) is 42.7 Å². The second-order valence-electron chi connectivity index (χ2n) is 6.38. The van der Waals surface area contributed by atoms with Crippen molar-refractivity contribution in [1.29, 1.82) is 0 Å². The van der Waals surface area contributed by atoms with Crippen LogP contribution in [0.25, 0.3) is 0 Å². The van der Waals surface area contributed by atoms with E-state index in [1.807, 2.05) is 12.4 Å². The van der Waals surface area contributed by atoms with Gasteiger partial charge in [-0.2, -0.15) is 0 Å². The maximum Gasteiger partial charge on any atom is 0.184 e. The van der Waals surface area contributed by atoms with Crippen molar-refractivity contribution < 1.29 is 0 Å². The van der Waals surface area contributed by atoms with E-state index in [9.17, 15) is 4.79 Å². The minimum Gasteiger partial charge on any atom is -0.354 e. The van der Waals surface area contributed by atoms with Gasteiger partial charge in [0.1, 0.15) is 0 Å². The van der Waals surface area contributed by atoms with Gasteiger partial charge in [-0.1, -0.05) is 38.1 Å². The number of aryl methyl sites for hydroxylation is 2. The monoisotopic (exact) mass is 281 g/mol. The molecule has 1 atom stereocenters. The second kappa shape index (κ2) is 5.88. The first-order valence-electron chi connectivity index (χ1n) is 7.93. The predicted octanol–water partition coefficient (Wildman–Crippen LogP) is 4.09. The molecule has 110 valence electrons. The average Bonchev–Trinajstić information content (AvgIpc) is 2.89. The fraction of sp³-hybridized carbons (Fsp3) is 0.421. The maximum atomic E-state index is 11.8. The van der Waals surface area contributed by atoms with Crippen LogP contribution in [-0.2, 0) is 13.0 Å². The van der Waals surface area contributed by atoms with Gasteiger partial charge in [0.25, 0.3) is 0 Å². The Morgan fingerprint density at radius 1 is 1.24 bits per heavy atom. The van der Waals surface area contributed by atoms with Gasteiger partial charge < -0.3 is 4.57 Å². The third-order valence-electron chi connectivity index (χ3n) is 4.62. The van der Waals surface area contributed by atoms with Gasteiger partial charge in [0.2, 0.25) is 0 Å². The summed E-state index contributed by atoms with van der Waals surface area (Å²) >= 11 is 0. The summed E-state index contributed by atoms with van der Waals surface area (Å²) in [6.45, 7) is 5.14. The van der Waals surface area contributed by atoms with Crippen LogP contribution in [0.4, 0.5) is 0 Å². The van der Waals surface area contributed by atoms with Crippen LogP contribution in [0, 0.1) is 0 Å². The second-order valence-corrected chi connectivity index (χ2v) is 6.38. The van der Waals surface area contributed by atoms with Crippen molar-refractivity contribution in [1.82, 2.24) is 4.57 Å². The molecule has 0 bridgehead atoms. The number of fused-ring (bicyclic) bond motifs is 1. The van der Waals surface area contributed by atoms with Gasteiger partial charge in [0.05, 0.1) is 0 Å². The molecule has 1 heterocycles. The number of rotatable bonds is 4. The summed E-state index contributed by atoms with van der Waals surface area (Å²) in [6, 6.07) is 10.5. The van der Waals surface area contributed by atoms with Crippen molar-refractivity contribution in [3.63, 3.8) is 0 Å². The zero-order valence-corrected chi connectivity index (χ0v) is 12.9. The molecule has 0 fully saturated rings. The van der Waals surface area contributed by atoms with Crippen LogP contribution in [0.2, 0.25) is 0 Å². The average molecular weight is 281 g/mol. The number of benzene rings is 1. The smallest absolute Gasteiger partial charge is 0.184 e. The highest BCUT2D eigenvalue weighted by atomic mass is 16.1. The first-order valence-corrected chi connectivity index (χ1v) is 7.93. The van der Waals surface area contributed by atoms with Crippen molar-refractivity contribution in [2.75, 3.05) is 0 Å². The van der Waals surface area contributed by atoms with Crippen molar-refractivity contribution in [2.45, 2.75) is 51.5 Å². The van der Waals surface area contributed by atoms with Crippen molar-refractivity contribution in [3.05, 3.63) is 69.6 Å². The maximum absolute atomic E-state index is 11.8. The Morgan fingerprint density at radius 3 is 2.86 bits per heavy atom. The fourth-order valence-electron chi connectivity index (χ4n) is 3.37. The number of hydrogen-bond acceptors (Lipinski definition) is 1. The molecule has 21 heavy (non-hydrogen) atoms. The molecule has 0 saturated heterocycles. The van der Waals surface area contributed by atoms with Crippen molar-refractivity contribution in [2.24, 2.45) is 0 Å². The Balaban J connectivity index is 1.72. The molecule has 2 heteroatoms. The Kier molecular flexibility index (Phi) is 3.96. The lowest BCUT2D eigenvalue weighted by Gasteiger charge is -2.14. The molecule has 0 amide bonds. The molecule has 0 N–H and O–H groups in total. The van der Waals surface area contributed by atoms with E-state index >= 15 is 0 Å². The zero-order valence-electron chi connectivity index (χ0n) is 12.9. The van der Waals surface area contributed by atoms with Crippen LogP contribution < -0.4 is 5.43 Å². The first-order chi connectivity index (χ1) is 10.1. The molecule has 2 nitrogen and oxygen atoms in total. The fourth-order valence-corrected chi connectivity index (χ4v) is 3.37. The van der Waals surface area contributed by atoms with E-state index in [0.717, 1.165) is 18.5 Å². The van der Waals surface area contributed by atoms with Gasteiger partial charge in [-0.15, -0.1) is 0 Å². The van der Waals surface area contributed by atoms with Gasteiger partial charge in [0.15, 0.2) is 5.43 Å². The lowest BCUT2D eigenvalue weighted by Crippen LogP contribution is -2.14. The first kappa shape index (κ1) is 14.1.